The van der Waals surface area contributed by atoms with Crippen molar-refractivity contribution < 1.29 is 4.74 Å². The third kappa shape index (κ3) is 3.18. The van der Waals surface area contributed by atoms with Crippen LogP contribution in [-0.4, -0.2) is 39.6 Å². The number of hydrogen-bond donors (Lipinski definition) is 1. The van der Waals surface area contributed by atoms with E-state index in [1.54, 1.807) is 18.1 Å². The molecule has 0 aromatic carbocycles. The molecule has 0 amide bonds. The van der Waals surface area contributed by atoms with Crippen LogP contribution in [0.25, 0.3) is 0 Å². The molecule has 98 valence electrons. The summed E-state index contributed by atoms with van der Waals surface area (Å²) in [6.45, 7) is 3.15. The molecular weight excluding hydrogens is 230 g/mol. The predicted octanol–water partition coefficient (Wildman–Crippen LogP) is 0.401. The molecule has 0 aliphatic carbocycles. The van der Waals surface area contributed by atoms with E-state index < -0.39 is 0 Å². The zero-order valence-corrected chi connectivity index (χ0v) is 10.8. The number of hydrogen-bond acceptors (Lipinski definition) is 4. The van der Waals surface area contributed by atoms with Gasteiger partial charge in [0.1, 0.15) is 12.2 Å². The first-order chi connectivity index (χ1) is 8.81. The lowest BCUT2D eigenvalue weighted by atomic mass is 10.4. The molecule has 0 unspecified atom stereocenters. The Morgan fingerprint density at radius 3 is 3.06 bits per heavy atom. The van der Waals surface area contributed by atoms with Crippen molar-refractivity contribution in [1.29, 1.82) is 0 Å². The Morgan fingerprint density at radius 2 is 2.33 bits per heavy atom. The summed E-state index contributed by atoms with van der Waals surface area (Å²) in [4.78, 5) is 4.23. The monoisotopic (exact) mass is 249 g/mol. The molecule has 0 aliphatic heterocycles. The highest BCUT2D eigenvalue weighted by atomic mass is 16.5. The fraction of sp³-hybridized carbons (Fsp3) is 0.500. The van der Waals surface area contributed by atoms with Gasteiger partial charge < -0.3 is 14.6 Å². The predicted molar refractivity (Wildman–Crippen MR) is 68.1 cm³/mol. The van der Waals surface area contributed by atoms with Crippen LogP contribution in [-0.2, 0) is 24.9 Å². The Balaban J connectivity index is 1.93. The SMILES string of the molecule is COCCNCc1cccn1Cc1ncnn1C. The molecule has 0 atom stereocenters. The van der Waals surface area contributed by atoms with E-state index in [0.29, 0.717) is 0 Å². The van der Waals surface area contributed by atoms with Crippen LogP contribution in [0.2, 0.25) is 0 Å². The summed E-state index contributed by atoms with van der Waals surface area (Å²) in [6, 6.07) is 4.15. The molecule has 2 aromatic heterocycles. The molecule has 0 spiro atoms. The lowest BCUT2D eigenvalue weighted by molar-refractivity contribution is 0.199. The zero-order valence-electron chi connectivity index (χ0n) is 10.8. The van der Waals surface area contributed by atoms with Gasteiger partial charge in [-0.25, -0.2) is 4.98 Å². The molecule has 18 heavy (non-hydrogen) atoms. The first-order valence-corrected chi connectivity index (χ1v) is 5.98. The van der Waals surface area contributed by atoms with Crippen LogP contribution >= 0.6 is 0 Å². The maximum Gasteiger partial charge on any atom is 0.146 e. The van der Waals surface area contributed by atoms with Crippen molar-refractivity contribution in [3.63, 3.8) is 0 Å². The van der Waals surface area contributed by atoms with Gasteiger partial charge in [-0.2, -0.15) is 5.10 Å². The number of ether oxygens (including phenoxy) is 1. The van der Waals surface area contributed by atoms with Gasteiger partial charge in [0.05, 0.1) is 13.2 Å². The van der Waals surface area contributed by atoms with Crippen molar-refractivity contribution in [1.82, 2.24) is 24.6 Å². The minimum absolute atomic E-state index is 0.726. The van der Waals surface area contributed by atoms with Crippen LogP contribution in [0, 0.1) is 0 Å². The molecule has 6 heteroatoms. The Labute approximate surface area is 107 Å². The number of aromatic nitrogens is 4. The second kappa shape index (κ2) is 6.32. The molecule has 0 saturated carbocycles. The van der Waals surface area contributed by atoms with E-state index in [-0.39, 0.29) is 0 Å². The first-order valence-electron chi connectivity index (χ1n) is 5.98. The van der Waals surface area contributed by atoms with E-state index in [9.17, 15) is 0 Å². The maximum atomic E-state index is 5.00. The summed E-state index contributed by atoms with van der Waals surface area (Å²) in [5.74, 6) is 0.948. The van der Waals surface area contributed by atoms with E-state index in [1.807, 2.05) is 13.1 Å². The Morgan fingerprint density at radius 1 is 1.44 bits per heavy atom. The van der Waals surface area contributed by atoms with Gasteiger partial charge in [0.2, 0.25) is 0 Å². The minimum Gasteiger partial charge on any atom is -0.383 e. The van der Waals surface area contributed by atoms with E-state index >= 15 is 0 Å². The summed E-state index contributed by atoms with van der Waals surface area (Å²) < 4.78 is 8.97. The average Bonchev–Trinajstić information content (AvgIpc) is 2.96. The highest BCUT2D eigenvalue weighted by molar-refractivity contribution is 5.08. The van der Waals surface area contributed by atoms with E-state index in [4.69, 9.17) is 4.74 Å². The van der Waals surface area contributed by atoms with E-state index in [0.717, 1.165) is 32.1 Å². The molecule has 1 N–H and O–H groups in total. The van der Waals surface area contributed by atoms with Gasteiger partial charge in [-0.05, 0) is 12.1 Å². The molecule has 6 nitrogen and oxygen atoms in total. The smallest absolute Gasteiger partial charge is 0.146 e. The molecule has 2 heterocycles. The topological polar surface area (TPSA) is 56.9 Å². The van der Waals surface area contributed by atoms with Crippen LogP contribution in [0.5, 0.6) is 0 Å². The number of nitrogens with one attached hydrogen (secondary N) is 1. The number of aryl methyl sites for hydroxylation is 1. The van der Waals surface area contributed by atoms with Crippen LogP contribution in [0.3, 0.4) is 0 Å². The summed E-state index contributed by atoms with van der Waals surface area (Å²) >= 11 is 0. The van der Waals surface area contributed by atoms with Crippen molar-refractivity contribution in [2.45, 2.75) is 13.1 Å². The summed E-state index contributed by atoms with van der Waals surface area (Å²) in [5.41, 5.74) is 1.23. The van der Waals surface area contributed by atoms with Crippen LogP contribution in [0.4, 0.5) is 0 Å². The molecular formula is C12H19N5O. The second-order valence-corrected chi connectivity index (χ2v) is 4.10. The standard InChI is InChI=1S/C12H19N5O/c1-16-12(14-10-15-16)9-17-6-3-4-11(17)8-13-5-7-18-2/h3-4,6,10,13H,5,7-9H2,1-2H3. The van der Waals surface area contributed by atoms with Gasteiger partial charge in [0.25, 0.3) is 0 Å². The van der Waals surface area contributed by atoms with Gasteiger partial charge in [0.15, 0.2) is 0 Å². The number of rotatable bonds is 7. The van der Waals surface area contributed by atoms with Gasteiger partial charge in [-0.1, -0.05) is 0 Å². The molecule has 2 aromatic rings. The molecule has 0 fully saturated rings. The molecule has 2 rings (SSSR count). The summed E-state index contributed by atoms with van der Waals surface area (Å²) in [5, 5.41) is 7.41. The highest BCUT2D eigenvalue weighted by Crippen LogP contribution is 2.05. The Hall–Kier alpha value is -1.66. The molecule has 0 radical (unpaired) electrons. The van der Waals surface area contributed by atoms with Crippen molar-refractivity contribution in [2.75, 3.05) is 20.3 Å². The van der Waals surface area contributed by atoms with Crippen molar-refractivity contribution in [2.24, 2.45) is 7.05 Å². The van der Waals surface area contributed by atoms with Gasteiger partial charge in [-0.3, -0.25) is 4.68 Å². The fourth-order valence-corrected chi connectivity index (χ4v) is 1.77. The van der Waals surface area contributed by atoms with E-state index in [2.05, 4.69) is 32.2 Å². The van der Waals surface area contributed by atoms with Crippen molar-refractivity contribution in [3.05, 3.63) is 36.2 Å². The first kappa shape index (κ1) is 12.8. The van der Waals surface area contributed by atoms with E-state index in [1.165, 1.54) is 5.69 Å². The highest BCUT2D eigenvalue weighted by Gasteiger charge is 2.05. The second-order valence-electron chi connectivity index (χ2n) is 4.10. The van der Waals surface area contributed by atoms with Crippen molar-refractivity contribution >= 4 is 0 Å². The zero-order chi connectivity index (χ0) is 12.8. The normalized spacial score (nSPS) is 11.0. The van der Waals surface area contributed by atoms with Crippen LogP contribution in [0.1, 0.15) is 11.5 Å². The molecule has 0 saturated heterocycles. The van der Waals surface area contributed by atoms with Crippen LogP contribution < -0.4 is 5.32 Å². The quantitative estimate of drug-likeness (QED) is 0.722. The number of nitrogens with zero attached hydrogens (tertiary/aromatic N) is 4. The lowest BCUT2D eigenvalue weighted by Gasteiger charge is -2.09. The van der Waals surface area contributed by atoms with Crippen molar-refractivity contribution in [3.8, 4) is 0 Å². The Kier molecular flexibility index (Phi) is 4.49. The fourth-order valence-electron chi connectivity index (χ4n) is 1.77. The average molecular weight is 249 g/mol. The number of methoxy groups -OCH3 is 1. The minimum atomic E-state index is 0.726. The van der Waals surface area contributed by atoms with Crippen LogP contribution in [0.15, 0.2) is 24.7 Å². The third-order valence-electron chi connectivity index (χ3n) is 2.83. The van der Waals surface area contributed by atoms with Gasteiger partial charge >= 0.3 is 0 Å². The Bertz CT molecular complexity index is 476. The molecule has 0 bridgehead atoms. The third-order valence-corrected chi connectivity index (χ3v) is 2.83. The summed E-state index contributed by atoms with van der Waals surface area (Å²) in [6.07, 6.45) is 3.64. The van der Waals surface area contributed by atoms with Gasteiger partial charge in [-0.15, -0.1) is 0 Å². The summed E-state index contributed by atoms with van der Waals surface area (Å²) in [7, 11) is 3.61. The largest absolute Gasteiger partial charge is 0.383 e. The van der Waals surface area contributed by atoms with Gasteiger partial charge in [0, 0.05) is 39.1 Å². The molecule has 0 aliphatic rings. The maximum absolute atomic E-state index is 5.00. The lowest BCUT2D eigenvalue weighted by Crippen LogP contribution is -2.21.